The van der Waals surface area contributed by atoms with Gasteiger partial charge in [0.2, 0.25) is 5.91 Å². The van der Waals surface area contributed by atoms with Gasteiger partial charge in [-0.25, -0.2) is 8.42 Å². The normalized spacial score (nSPS) is 15.6. The van der Waals surface area contributed by atoms with E-state index >= 15 is 0 Å². The predicted octanol–water partition coefficient (Wildman–Crippen LogP) is 1.28. The molecule has 0 unspecified atom stereocenters. The van der Waals surface area contributed by atoms with Crippen LogP contribution in [0.25, 0.3) is 0 Å². The van der Waals surface area contributed by atoms with Crippen molar-refractivity contribution in [2.45, 2.75) is 19.3 Å². The third kappa shape index (κ3) is 7.33. The lowest BCUT2D eigenvalue weighted by molar-refractivity contribution is -0.128. The minimum Gasteiger partial charge on any atom is -0.340 e. The summed E-state index contributed by atoms with van der Waals surface area (Å²) in [6, 6.07) is 9.81. The highest BCUT2D eigenvalue weighted by molar-refractivity contribution is 7.92. The van der Waals surface area contributed by atoms with Gasteiger partial charge in [0.25, 0.3) is 0 Å². The SMILES string of the molecule is Cl.O=C(CS(=O)(=O)CCCc1ccccc1)N1CCCNCC1. The van der Waals surface area contributed by atoms with Crippen molar-refractivity contribution in [2.24, 2.45) is 0 Å². The van der Waals surface area contributed by atoms with Gasteiger partial charge < -0.3 is 10.2 Å². The van der Waals surface area contributed by atoms with Gasteiger partial charge in [-0.15, -0.1) is 12.4 Å². The molecule has 0 radical (unpaired) electrons. The fraction of sp³-hybridized carbons (Fsp3) is 0.562. The predicted molar refractivity (Wildman–Crippen MR) is 94.7 cm³/mol. The summed E-state index contributed by atoms with van der Waals surface area (Å²) in [6.07, 6.45) is 2.16. The van der Waals surface area contributed by atoms with Gasteiger partial charge in [0.05, 0.1) is 5.75 Å². The van der Waals surface area contributed by atoms with Crippen LogP contribution in [0.4, 0.5) is 0 Å². The zero-order chi connectivity index (χ0) is 15.8. The molecule has 0 bridgehead atoms. The van der Waals surface area contributed by atoms with E-state index in [1.807, 2.05) is 30.3 Å². The maximum absolute atomic E-state index is 12.1. The maximum Gasteiger partial charge on any atom is 0.237 e. The lowest BCUT2D eigenvalue weighted by Gasteiger charge is -2.19. The standard InChI is InChI=1S/C16H24N2O3S.ClH/c19-16(18-11-5-9-17-10-12-18)14-22(20,21)13-4-8-15-6-2-1-3-7-15;/h1-3,6-7,17H,4-5,8-14H2;1H. The topological polar surface area (TPSA) is 66.5 Å². The van der Waals surface area contributed by atoms with Crippen molar-refractivity contribution in [1.29, 1.82) is 0 Å². The van der Waals surface area contributed by atoms with Crippen LogP contribution in [0.15, 0.2) is 30.3 Å². The molecule has 1 aliphatic rings. The van der Waals surface area contributed by atoms with Gasteiger partial charge in [-0.2, -0.15) is 0 Å². The van der Waals surface area contributed by atoms with Crippen molar-refractivity contribution in [3.05, 3.63) is 35.9 Å². The van der Waals surface area contributed by atoms with Crippen molar-refractivity contribution in [1.82, 2.24) is 10.2 Å². The number of hydrogen-bond donors (Lipinski definition) is 1. The molecule has 0 saturated carbocycles. The molecule has 0 aromatic heterocycles. The molecule has 1 N–H and O–H groups in total. The number of carbonyl (C=O) groups is 1. The van der Waals surface area contributed by atoms with Gasteiger partial charge in [0.15, 0.2) is 9.84 Å². The van der Waals surface area contributed by atoms with E-state index in [2.05, 4.69) is 5.32 Å². The summed E-state index contributed by atoms with van der Waals surface area (Å²) in [7, 11) is -3.32. The Morgan fingerprint density at radius 3 is 2.61 bits per heavy atom. The van der Waals surface area contributed by atoms with Gasteiger partial charge in [-0.3, -0.25) is 4.79 Å². The van der Waals surface area contributed by atoms with Crippen LogP contribution in [0.3, 0.4) is 0 Å². The molecule has 23 heavy (non-hydrogen) atoms. The summed E-state index contributed by atoms with van der Waals surface area (Å²) in [4.78, 5) is 13.8. The molecule has 1 aromatic carbocycles. The fourth-order valence-corrected chi connectivity index (χ4v) is 3.87. The summed E-state index contributed by atoms with van der Waals surface area (Å²) < 4.78 is 24.2. The largest absolute Gasteiger partial charge is 0.340 e. The average molecular weight is 361 g/mol. The number of nitrogens with one attached hydrogen (secondary N) is 1. The van der Waals surface area contributed by atoms with Crippen molar-refractivity contribution in [3.8, 4) is 0 Å². The Morgan fingerprint density at radius 2 is 1.87 bits per heavy atom. The number of sulfone groups is 1. The number of hydrogen-bond acceptors (Lipinski definition) is 4. The summed E-state index contributed by atoms with van der Waals surface area (Å²) in [5.41, 5.74) is 1.13. The second kappa shape index (κ2) is 9.90. The third-order valence-electron chi connectivity index (χ3n) is 3.80. The van der Waals surface area contributed by atoms with Crippen LogP contribution in [0.2, 0.25) is 0 Å². The molecule has 1 amide bonds. The van der Waals surface area contributed by atoms with E-state index in [9.17, 15) is 13.2 Å². The second-order valence-electron chi connectivity index (χ2n) is 5.67. The summed E-state index contributed by atoms with van der Waals surface area (Å²) in [5, 5.41) is 3.20. The summed E-state index contributed by atoms with van der Waals surface area (Å²) in [5.74, 6) is -0.551. The molecule has 2 rings (SSSR count). The van der Waals surface area contributed by atoms with Crippen LogP contribution in [0, 0.1) is 0 Å². The number of carbonyl (C=O) groups excluding carboxylic acids is 1. The molecular formula is C16H25ClN2O3S. The zero-order valence-corrected chi connectivity index (χ0v) is 14.9. The van der Waals surface area contributed by atoms with Gasteiger partial charge in [-0.1, -0.05) is 30.3 Å². The Bertz CT molecular complexity index is 570. The Morgan fingerprint density at radius 1 is 1.13 bits per heavy atom. The smallest absolute Gasteiger partial charge is 0.237 e. The highest BCUT2D eigenvalue weighted by atomic mass is 35.5. The number of nitrogens with zero attached hydrogens (tertiary/aromatic N) is 1. The van der Waals surface area contributed by atoms with E-state index in [0.717, 1.165) is 31.5 Å². The van der Waals surface area contributed by atoms with Crippen LogP contribution in [0.1, 0.15) is 18.4 Å². The molecule has 7 heteroatoms. The average Bonchev–Trinajstić information content (AvgIpc) is 2.77. The Labute approximate surface area is 144 Å². The zero-order valence-electron chi connectivity index (χ0n) is 13.2. The molecule has 0 aliphatic carbocycles. The first-order chi connectivity index (χ1) is 10.6. The molecule has 0 atom stereocenters. The lowest BCUT2D eigenvalue weighted by atomic mass is 10.1. The van der Waals surface area contributed by atoms with E-state index in [1.54, 1.807) is 4.90 Å². The number of benzene rings is 1. The van der Waals surface area contributed by atoms with Crippen molar-refractivity contribution < 1.29 is 13.2 Å². The molecule has 1 fully saturated rings. The van der Waals surface area contributed by atoms with Crippen LogP contribution in [0.5, 0.6) is 0 Å². The van der Waals surface area contributed by atoms with E-state index in [4.69, 9.17) is 0 Å². The van der Waals surface area contributed by atoms with Crippen molar-refractivity contribution >= 4 is 28.2 Å². The van der Waals surface area contributed by atoms with Crippen molar-refractivity contribution in [3.63, 3.8) is 0 Å². The van der Waals surface area contributed by atoms with E-state index in [1.165, 1.54) is 0 Å². The van der Waals surface area contributed by atoms with Gasteiger partial charge in [0.1, 0.15) is 5.75 Å². The van der Waals surface area contributed by atoms with Gasteiger partial charge >= 0.3 is 0 Å². The van der Waals surface area contributed by atoms with E-state index < -0.39 is 9.84 Å². The van der Waals surface area contributed by atoms with Crippen LogP contribution in [-0.2, 0) is 21.1 Å². The quantitative estimate of drug-likeness (QED) is 0.829. The van der Waals surface area contributed by atoms with E-state index in [0.29, 0.717) is 19.5 Å². The third-order valence-corrected chi connectivity index (χ3v) is 5.40. The van der Waals surface area contributed by atoms with Gasteiger partial charge in [-0.05, 0) is 31.4 Å². The molecule has 1 aliphatic heterocycles. The highest BCUT2D eigenvalue weighted by Gasteiger charge is 2.22. The Hall–Kier alpha value is -1.11. The first-order valence-electron chi connectivity index (χ1n) is 7.80. The molecule has 1 heterocycles. The lowest BCUT2D eigenvalue weighted by Crippen LogP contribution is -2.38. The molecule has 130 valence electrons. The Kier molecular flexibility index (Phi) is 8.58. The Balaban J connectivity index is 0.00000264. The van der Waals surface area contributed by atoms with Gasteiger partial charge in [0, 0.05) is 19.6 Å². The summed E-state index contributed by atoms with van der Waals surface area (Å²) in [6.45, 7) is 2.86. The van der Waals surface area contributed by atoms with E-state index in [-0.39, 0.29) is 29.8 Å². The first kappa shape index (κ1) is 19.9. The number of amides is 1. The van der Waals surface area contributed by atoms with Crippen LogP contribution >= 0.6 is 12.4 Å². The maximum atomic E-state index is 12.1. The fourth-order valence-electron chi connectivity index (χ4n) is 2.59. The van der Waals surface area contributed by atoms with Crippen LogP contribution < -0.4 is 5.32 Å². The summed E-state index contributed by atoms with van der Waals surface area (Å²) >= 11 is 0. The molecular weight excluding hydrogens is 336 g/mol. The number of aryl methyl sites for hydroxylation is 1. The highest BCUT2D eigenvalue weighted by Crippen LogP contribution is 2.06. The molecule has 5 nitrogen and oxygen atoms in total. The number of halogens is 1. The van der Waals surface area contributed by atoms with Crippen molar-refractivity contribution in [2.75, 3.05) is 37.7 Å². The molecule has 1 saturated heterocycles. The minimum absolute atomic E-state index is 0. The minimum atomic E-state index is -3.32. The first-order valence-corrected chi connectivity index (χ1v) is 9.62. The second-order valence-corrected chi connectivity index (χ2v) is 7.85. The van der Waals surface area contributed by atoms with Crippen LogP contribution in [-0.4, -0.2) is 56.9 Å². The number of rotatable bonds is 6. The monoisotopic (exact) mass is 360 g/mol. The molecule has 1 aromatic rings. The molecule has 0 spiro atoms.